The van der Waals surface area contributed by atoms with Gasteiger partial charge in [0, 0.05) is 0 Å². The summed E-state index contributed by atoms with van der Waals surface area (Å²) < 4.78 is 6.17. The molecular weight excluding hydrogens is 376 g/mol. The lowest BCUT2D eigenvalue weighted by Crippen LogP contribution is -2.39. The first kappa shape index (κ1) is 25.2. The van der Waals surface area contributed by atoms with Crippen LogP contribution in [0.15, 0.2) is 0 Å². The van der Waals surface area contributed by atoms with E-state index < -0.39 is 17.8 Å². The van der Waals surface area contributed by atoms with Crippen LogP contribution in [0.3, 0.4) is 0 Å². The number of carbonyl (C=O) groups is 2. The zero-order chi connectivity index (χ0) is 22.5. The van der Waals surface area contributed by atoms with E-state index in [9.17, 15) is 14.7 Å². The molecule has 0 aromatic carbocycles. The van der Waals surface area contributed by atoms with Gasteiger partial charge in [-0.1, -0.05) is 60.8 Å². The van der Waals surface area contributed by atoms with Crippen LogP contribution in [-0.2, 0) is 14.3 Å². The van der Waals surface area contributed by atoms with E-state index in [4.69, 9.17) is 4.74 Å². The molecule has 0 bridgehead atoms. The molecule has 0 heterocycles. The fourth-order valence-corrected chi connectivity index (χ4v) is 5.86. The van der Waals surface area contributed by atoms with Crippen molar-refractivity contribution >= 4 is 11.9 Å². The lowest BCUT2D eigenvalue weighted by Gasteiger charge is -2.38. The number of hydrogen-bond acceptors (Lipinski definition) is 3. The van der Waals surface area contributed by atoms with Crippen molar-refractivity contribution in [3.05, 3.63) is 0 Å². The Labute approximate surface area is 184 Å². The molecule has 4 nitrogen and oxygen atoms in total. The molecule has 0 saturated heterocycles. The molecular formula is C26H46O4. The molecule has 2 aliphatic rings. The first-order valence-corrected chi connectivity index (χ1v) is 12.4. The number of hydrogen-bond donors (Lipinski definition) is 1. The Morgan fingerprint density at radius 3 is 2.17 bits per heavy atom. The van der Waals surface area contributed by atoms with Gasteiger partial charge in [-0.05, 0) is 74.0 Å². The molecule has 2 fully saturated rings. The molecule has 2 rings (SSSR count). The minimum Gasteiger partial charge on any atom is -0.481 e. The van der Waals surface area contributed by atoms with Gasteiger partial charge in [-0.3, -0.25) is 9.59 Å². The molecule has 1 N–H and O–H groups in total. The third-order valence-electron chi connectivity index (χ3n) is 7.72. The Morgan fingerprint density at radius 2 is 1.60 bits per heavy atom. The predicted octanol–water partition coefficient (Wildman–Crippen LogP) is 6.71. The van der Waals surface area contributed by atoms with Gasteiger partial charge < -0.3 is 9.84 Å². The minimum atomic E-state index is -0.841. The van der Waals surface area contributed by atoms with Crippen molar-refractivity contribution in [2.45, 2.75) is 112 Å². The molecule has 2 aliphatic carbocycles. The molecule has 174 valence electrons. The normalized spacial score (nSPS) is 32.3. The van der Waals surface area contributed by atoms with Crippen molar-refractivity contribution in [3.63, 3.8) is 0 Å². The van der Waals surface area contributed by atoms with Crippen molar-refractivity contribution in [2.75, 3.05) is 0 Å². The lowest BCUT2D eigenvalue weighted by atomic mass is 9.72. The summed E-state index contributed by atoms with van der Waals surface area (Å²) in [4.78, 5) is 24.8. The van der Waals surface area contributed by atoms with Gasteiger partial charge in [-0.25, -0.2) is 0 Å². The summed E-state index contributed by atoms with van der Waals surface area (Å²) >= 11 is 0. The number of aliphatic carboxylic acids is 1. The average Bonchev–Trinajstić information content (AvgIpc) is 2.65. The minimum absolute atomic E-state index is 0.0637. The van der Waals surface area contributed by atoms with Gasteiger partial charge in [0.1, 0.15) is 6.10 Å². The molecule has 30 heavy (non-hydrogen) atoms. The summed E-state index contributed by atoms with van der Waals surface area (Å²) in [5.41, 5.74) is 0.303. The number of rotatable bonds is 8. The summed E-state index contributed by atoms with van der Waals surface area (Å²) in [6.45, 7) is 13.8. The molecule has 0 radical (unpaired) electrons. The smallest absolute Gasteiger partial charge is 0.310 e. The van der Waals surface area contributed by atoms with E-state index in [2.05, 4.69) is 41.5 Å². The Hall–Kier alpha value is -1.06. The van der Waals surface area contributed by atoms with Crippen molar-refractivity contribution in [1.29, 1.82) is 0 Å². The van der Waals surface area contributed by atoms with E-state index in [1.54, 1.807) is 0 Å². The summed E-state index contributed by atoms with van der Waals surface area (Å²) in [6, 6.07) is 0. The lowest BCUT2D eigenvalue weighted by molar-refractivity contribution is -0.167. The van der Waals surface area contributed by atoms with Crippen molar-refractivity contribution in [2.24, 2.45) is 40.9 Å². The van der Waals surface area contributed by atoms with Gasteiger partial charge in [0.25, 0.3) is 0 Å². The summed E-state index contributed by atoms with van der Waals surface area (Å²) in [5, 5.41) is 9.58. The highest BCUT2D eigenvalue weighted by Gasteiger charge is 2.39. The van der Waals surface area contributed by atoms with Gasteiger partial charge in [0.15, 0.2) is 0 Å². The Kier molecular flexibility index (Phi) is 9.24. The van der Waals surface area contributed by atoms with Crippen LogP contribution in [0.1, 0.15) is 106 Å². The standard InChI is InChI=1S/C26H46O4/c1-17(16-26(4,5)6)11-14-23(20-13-12-18(2)19(3)15-20)30-25(29)22-10-8-7-9-21(22)24(27)28/h17-23H,7-16H2,1-6H3,(H,27,28). The van der Waals surface area contributed by atoms with Crippen LogP contribution in [0.5, 0.6) is 0 Å². The SMILES string of the molecule is CC(CCC(OC(=O)C1CCCCC1C(=O)O)C1CCC(C)C(C)C1)CC(C)(C)C. The maximum atomic E-state index is 13.1. The van der Waals surface area contributed by atoms with Gasteiger partial charge in [0.2, 0.25) is 0 Å². The second-order valence-corrected chi connectivity index (χ2v) is 11.8. The Morgan fingerprint density at radius 1 is 0.967 bits per heavy atom. The first-order valence-electron chi connectivity index (χ1n) is 12.4. The van der Waals surface area contributed by atoms with Crippen molar-refractivity contribution in [1.82, 2.24) is 0 Å². The van der Waals surface area contributed by atoms with Gasteiger partial charge in [0.05, 0.1) is 11.8 Å². The van der Waals surface area contributed by atoms with E-state index in [-0.39, 0.29) is 12.1 Å². The van der Waals surface area contributed by atoms with E-state index in [0.717, 1.165) is 50.9 Å². The number of carboxylic acid groups (broad SMARTS) is 1. The number of ether oxygens (including phenoxy) is 1. The van der Waals surface area contributed by atoms with Crippen LogP contribution in [0.4, 0.5) is 0 Å². The van der Waals surface area contributed by atoms with Gasteiger partial charge in [-0.15, -0.1) is 0 Å². The third-order valence-corrected chi connectivity index (χ3v) is 7.72. The van der Waals surface area contributed by atoms with Crippen LogP contribution >= 0.6 is 0 Å². The fourth-order valence-electron chi connectivity index (χ4n) is 5.86. The van der Waals surface area contributed by atoms with E-state index in [1.807, 2.05) is 0 Å². The fraction of sp³-hybridized carbons (Fsp3) is 0.923. The quantitative estimate of drug-likeness (QED) is 0.441. The molecule has 2 saturated carbocycles. The molecule has 0 spiro atoms. The highest BCUT2D eigenvalue weighted by Crippen LogP contribution is 2.39. The van der Waals surface area contributed by atoms with Crippen molar-refractivity contribution < 1.29 is 19.4 Å². The zero-order valence-electron chi connectivity index (χ0n) is 20.3. The van der Waals surface area contributed by atoms with Crippen LogP contribution in [0, 0.1) is 40.9 Å². The maximum Gasteiger partial charge on any atom is 0.310 e. The summed E-state index contributed by atoms with van der Waals surface area (Å²) in [7, 11) is 0. The van der Waals surface area contributed by atoms with E-state index >= 15 is 0 Å². The summed E-state index contributed by atoms with van der Waals surface area (Å²) in [5.74, 6) is 0.253. The van der Waals surface area contributed by atoms with Crippen LogP contribution in [0.25, 0.3) is 0 Å². The van der Waals surface area contributed by atoms with Gasteiger partial charge >= 0.3 is 11.9 Å². The second-order valence-electron chi connectivity index (χ2n) is 11.8. The highest BCUT2D eigenvalue weighted by atomic mass is 16.5. The molecule has 7 unspecified atom stereocenters. The zero-order valence-corrected chi connectivity index (χ0v) is 20.3. The van der Waals surface area contributed by atoms with Crippen LogP contribution in [0.2, 0.25) is 0 Å². The molecule has 7 atom stereocenters. The Bertz CT molecular complexity index is 564. The monoisotopic (exact) mass is 422 g/mol. The molecule has 4 heteroatoms. The molecule has 0 aromatic rings. The highest BCUT2D eigenvalue weighted by molar-refractivity contribution is 5.81. The number of carboxylic acids is 1. The van der Waals surface area contributed by atoms with Crippen LogP contribution in [-0.4, -0.2) is 23.1 Å². The molecule has 0 amide bonds. The maximum absolute atomic E-state index is 13.1. The summed E-state index contributed by atoms with van der Waals surface area (Å²) in [6.07, 6.45) is 9.55. The van der Waals surface area contributed by atoms with E-state index in [1.165, 1.54) is 6.42 Å². The Balaban J connectivity index is 2.06. The van der Waals surface area contributed by atoms with Crippen LogP contribution < -0.4 is 0 Å². The second kappa shape index (κ2) is 11.0. The average molecular weight is 423 g/mol. The van der Waals surface area contributed by atoms with Crippen molar-refractivity contribution in [3.8, 4) is 0 Å². The number of carbonyl (C=O) groups excluding carboxylic acids is 1. The topological polar surface area (TPSA) is 63.6 Å². The molecule has 0 aromatic heterocycles. The molecule has 0 aliphatic heterocycles. The van der Waals surface area contributed by atoms with Gasteiger partial charge in [-0.2, -0.15) is 0 Å². The number of esters is 1. The first-order chi connectivity index (χ1) is 14.0. The third kappa shape index (κ3) is 7.57. The largest absolute Gasteiger partial charge is 0.481 e. The van der Waals surface area contributed by atoms with E-state index in [0.29, 0.717) is 36.0 Å². The predicted molar refractivity (Wildman–Crippen MR) is 121 cm³/mol.